The molecule has 0 bridgehead atoms. The third-order valence-corrected chi connectivity index (χ3v) is 5.34. The lowest BCUT2D eigenvalue weighted by Gasteiger charge is -2.20. The van der Waals surface area contributed by atoms with E-state index in [9.17, 15) is 0 Å². The van der Waals surface area contributed by atoms with Crippen molar-refractivity contribution in [1.29, 1.82) is 0 Å². The molecule has 0 amide bonds. The molecule has 2 aliphatic rings. The summed E-state index contributed by atoms with van der Waals surface area (Å²) in [6.45, 7) is 4.14. The second-order valence-electron chi connectivity index (χ2n) is 8.04. The average molecular weight is 436 g/mol. The van der Waals surface area contributed by atoms with Crippen molar-refractivity contribution < 1.29 is 4.74 Å². The molecular formula is C27H25N5O. The highest BCUT2D eigenvalue weighted by Crippen LogP contribution is 2.31. The summed E-state index contributed by atoms with van der Waals surface area (Å²) < 4.78 is 7.68. The highest BCUT2D eigenvalue weighted by Gasteiger charge is 2.17. The Kier molecular flexibility index (Phi) is 5.48. The minimum Gasteiger partial charge on any atom is -0.480 e. The van der Waals surface area contributed by atoms with Gasteiger partial charge in [-0.2, -0.15) is 0 Å². The van der Waals surface area contributed by atoms with E-state index in [0.717, 1.165) is 44.8 Å². The Balaban J connectivity index is 1.82. The maximum Gasteiger partial charge on any atom is 0.237 e. The van der Waals surface area contributed by atoms with Crippen LogP contribution in [0.3, 0.4) is 0 Å². The fourth-order valence-electron chi connectivity index (χ4n) is 3.98. The number of benzene rings is 3. The van der Waals surface area contributed by atoms with E-state index in [1.807, 2.05) is 48.5 Å². The van der Waals surface area contributed by atoms with Gasteiger partial charge in [0.2, 0.25) is 5.88 Å². The summed E-state index contributed by atoms with van der Waals surface area (Å²) in [6.07, 6.45) is 1.71. The minimum atomic E-state index is 0.123. The molecule has 5 rings (SSSR count). The Morgan fingerprint density at radius 2 is 1.70 bits per heavy atom. The van der Waals surface area contributed by atoms with Crippen molar-refractivity contribution in [3.63, 3.8) is 0 Å². The van der Waals surface area contributed by atoms with Crippen molar-refractivity contribution in [3.8, 4) is 23.0 Å². The number of aromatic nitrogens is 3. The van der Waals surface area contributed by atoms with Gasteiger partial charge in [-0.05, 0) is 62.4 Å². The van der Waals surface area contributed by atoms with Crippen molar-refractivity contribution in [1.82, 2.24) is 14.5 Å². The molecule has 6 heteroatoms. The summed E-state index contributed by atoms with van der Waals surface area (Å²) in [5.74, 6) is 0.527. The lowest BCUT2D eigenvalue weighted by Crippen LogP contribution is -2.16. The Hall–Kier alpha value is -4.19. The van der Waals surface area contributed by atoms with Gasteiger partial charge in [-0.15, -0.1) is 0 Å². The number of ether oxygens (including phenoxy) is 1. The van der Waals surface area contributed by atoms with Gasteiger partial charge in [0.05, 0.1) is 40.6 Å². The van der Waals surface area contributed by atoms with E-state index < -0.39 is 0 Å². The van der Waals surface area contributed by atoms with Gasteiger partial charge in [0.1, 0.15) is 5.69 Å². The molecule has 0 fully saturated rings. The molecule has 164 valence electrons. The van der Waals surface area contributed by atoms with Crippen LogP contribution in [-0.2, 0) is 0 Å². The maximum atomic E-state index is 5.44. The summed E-state index contributed by atoms with van der Waals surface area (Å²) in [6, 6.07) is 26.6. The first-order valence-corrected chi connectivity index (χ1v) is 10.9. The molecule has 0 spiro atoms. The van der Waals surface area contributed by atoms with Crippen LogP contribution in [0.4, 0.5) is 11.4 Å². The number of methoxy groups -OCH3 is 1. The molecule has 2 aromatic carbocycles. The first-order chi connectivity index (χ1) is 16.1. The fourth-order valence-corrected chi connectivity index (χ4v) is 3.98. The van der Waals surface area contributed by atoms with Gasteiger partial charge in [-0.25, -0.2) is 9.97 Å². The third-order valence-electron chi connectivity index (χ3n) is 5.34. The molecule has 1 N–H and O–H groups in total. The van der Waals surface area contributed by atoms with E-state index in [1.54, 1.807) is 13.3 Å². The molecule has 2 heterocycles. The molecule has 1 aliphatic heterocycles. The zero-order chi connectivity index (χ0) is 22.8. The van der Waals surface area contributed by atoms with Crippen LogP contribution in [0.1, 0.15) is 13.8 Å². The number of para-hydroxylation sites is 3. The average Bonchev–Trinajstić information content (AvgIpc) is 2.83. The lowest BCUT2D eigenvalue weighted by atomic mass is 10.1. The molecule has 6 nitrogen and oxygen atoms in total. The number of rotatable bonds is 5. The first kappa shape index (κ1) is 20.7. The molecule has 0 radical (unpaired) electrons. The summed E-state index contributed by atoms with van der Waals surface area (Å²) in [4.78, 5) is 14.2. The normalized spacial score (nSPS) is 11.9. The SMILES string of the molecule is COc1ncccc1Nc1cc2nc3ccccc3n(-c3ccccc3)c-2cc1=NC(C)C. The van der Waals surface area contributed by atoms with Crippen LogP contribution in [0.15, 0.2) is 90.1 Å². The van der Waals surface area contributed by atoms with E-state index in [4.69, 9.17) is 14.7 Å². The Morgan fingerprint density at radius 3 is 2.48 bits per heavy atom. The van der Waals surface area contributed by atoms with Gasteiger partial charge in [0.25, 0.3) is 0 Å². The van der Waals surface area contributed by atoms with Crippen LogP contribution in [0.25, 0.3) is 28.1 Å². The Labute approximate surface area is 192 Å². The zero-order valence-corrected chi connectivity index (χ0v) is 18.9. The second kappa shape index (κ2) is 8.74. The molecule has 33 heavy (non-hydrogen) atoms. The van der Waals surface area contributed by atoms with E-state index in [1.165, 1.54) is 0 Å². The van der Waals surface area contributed by atoms with Crippen molar-refractivity contribution in [2.45, 2.75) is 19.9 Å². The van der Waals surface area contributed by atoms with Crippen LogP contribution in [0.5, 0.6) is 5.88 Å². The molecule has 0 saturated heterocycles. The zero-order valence-electron chi connectivity index (χ0n) is 18.9. The van der Waals surface area contributed by atoms with E-state index in [0.29, 0.717) is 5.88 Å². The van der Waals surface area contributed by atoms with Gasteiger partial charge in [-0.1, -0.05) is 30.3 Å². The highest BCUT2D eigenvalue weighted by atomic mass is 16.5. The Morgan fingerprint density at radius 1 is 0.909 bits per heavy atom. The van der Waals surface area contributed by atoms with Crippen LogP contribution in [0.2, 0.25) is 0 Å². The molecule has 0 saturated carbocycles. The maximum absolute atomic E-state index is 5.44. The van der Waals surface area contributed by atoms with Crippen LogP contribution in [-0.4, -0.2) is 27.7 Å². The van der Waals surface area contributed by atoms with Crippen molar-refractivity contribution in [3.05, 3.63) is 90.4 Å². The van der Waals surface area contributed by atoms with Gasteiger partial charge in [0, 0.05) is 17.9 Å². The first-order valence-electron chi connectivity index (χ1n) is 10.9. The molecule has 3 aromatic rings. The molecule has 0 unspecified atom stereocenters. The predicted molar refractivity (Wildman–Crippen MR) is 132 cm³/mol. The van der Waals surface area contributed by atoms with Crippen molar-refractivity contribution in [2.75, 3.05) is 12.4 Å². The van der Waals surface area contributed by atoms with Gasteiger partial charge in [0.15, 0.2) is 0 Å². The number of nitrogens with one attached hydrogen (secondary N) is 1. The third kappa shape index (κ3) is 4.03. The second-order valence-corrected chi connectivity index (χ2v) is 8.04. The quantitative estimate of drug-likeness (QED) is 0.366. The summed E-state index contributed by atoms with van der Waals surface area (Å²) in [7, 11) is 1.61. The lowest BCUT2D eigenvalue weighted by molar-refractivity contribution is 0.400. The number of fused-ring (bicyclic) bond motifs is 2. The van der Waals surface area contributed by atoms with E-state index in [2.05, 4.69) is 59.0 Å². The largest absolute Gasteiger partial charge is 0.480 e. The fraction of sp³-hybridized carbons (Fsp3) is 0.148. The van der Waals surface area contributed by atoms with Crippen molar-refractivity contribution >= 4 is 22.4 Å². The van der Waals surface area contributed by atoms with Gasteiger partial charge < -0.3 is 14.6 Å². The summed E-state index contributed by atoms with van der Waals surface area (Å²) in [5, 5.41) is 4.32. The van der Waals surface area contributed by atoms with Gasteiger partial charge in [-0.3, -0.25) is 4.99 Å². The number of anilines is 2. The Bertz CT molecular complexity index is 1460. The summed E-state index contributed by atoms with van der Waals surface area (Å²) in [5.41, 5.74) is 6.52. The number of pyridine rings is 1. The van der Waals surface area contributed by atoms with Crippen molar-refractivity contribution in [2.24, 2.45) is 4.99 Å². The molecule has 1 aromatic heterocycles. The standard InChI is InChI=1S/C27H25N5O/c1-18(2)29-23-17-26-24(16-22(23)31-21-13-9-15-28-27(21)33-3)30-20-12-7-8-14-25(20)32(26)19-10-5-4-6-11-19/h4-18,31H,1-3H3. The van der Waals surface area contributed by atoms with E-state index >= 15 is 0 Å². The molecular weight excluding hydrogens is 410 g/mol. The predicted octanol–water partition coefficient (Wildman–Crippen LogP) is 5.59. The van der Waals surface area contributed by atoms with Crippen LogP contribution in [0, 0.1) is 0 Å². The minimum absolute atomic E-state index is 0.123. The number of hydrogen-bond acceptors (Lipinski definition) is 5. The molecule has 0 atom stereocenters. The monoisotopic (exact) mass is 435 g/mol. The smallest absolute Gasteiger partial charge is 0.237 e. The number of hydrogen-bond donors (Lipinski definition) is 1. The van der Waals surface area contributed by atoms with Gasteiger partial charge >= 0.3 is 0 Å². The van der Waals surface area contributed by atoms with Crippen LogP contribution >= 0.6 is 0 Å². The molecule has 1 aliphatic carbocycles. The van der Waals surface area contributed by atoms with Crippen LogP contribution < -0.4 is 15.4 Å². The highest BCUT2D eigenvalue weighted by molar-refractivity contribution is 5.84. The van der Waals surface area contributed by atoms with E-state index in [-0.39, 0.29) is 6.04 Å². The number of nitrogens with zero attached hydrogens (tertiary/aromatic N) is 4. The summed E-state index contributed by atoms with van der Waals surface area (Å²) >= 11 is 0. The topological polar surface area (TPSA) is 64.3 Å².